The second kappa shape index (κ2) is 2.98. The predicted molar refractivity (Wildman–Crippen MR) is 56.8 cm³/mol. The van der Waals surface area contributed by atoms with Gasteiger partial charge in [-0.1, -0.05) is 34.1 Å². The van der Waals surface area contributed by atoms with Crippen molar-refractivity contribution in [3.05, 3.63) is 0 Å². The zero-order valence-electron chi connectivity index (χ0n) is 9.63. The van der Waals surface area contributed by atoms with Gasteiger partial charge in [0.25, 0.3) is 0 Å². The Morgan fingerprint density at radius 3 is 2.36 bits per heavy atom. The molecule has 2 aliphatic rings. The molecule has 14 heavy (non-hydrogen) atoms. The topological polar surface area (TPSA) is 29.1 Å². The third kappa shape index (κ3) is 1.19. The molecule has 1 aliphatic heterocycles. The van der Waals surface area contributed by atoms with Crippen LogP contribution in [0, 0.1) is 23.2 Å². The van der Waals surface area contributed by atoms with Crippen molar-refractivity contribution < 1.29 is 4.79 Å². The fourth-order valence-electron chi connectivity index (χ4n) is 3.47. The molecule has 2 rings (SSSR count). The van der Waals surface area contributed by atoms with E-state index in [9.17, 15) is 4.79 Å². The number of carbonyl (C=O) groups is 1. The zero-order chi connectivity index (χ0) is 10.5. The van der Waals surface area contributed by atoms with Gasteiger partial charge >= 0.3 is 0 Å². The first-order valence-electron chi connectivity index (χ1n) is 5.75. The lowest BCUT2D eigenvalue weighted by Gasteiger charge is -2.40. The Morgan fingerprint density at radius 2 is 1.79 bits per heavy atom. The molecule has 0 spiro atoms. The van der Waals surface area contributed by atoms with E-state index in [1.165, 1.54) is 12.8 Å². The second-order valence-electron chi connectivity index (χ2n) is 5.78. The van der Waals surface area contributed by atoms with Gasteiger partial charge in [-0.2, -0.15) is 0 Å². The van der Waals surface area contributed by atoms with Gasteiger partial charge in [0.2, 0.25) is 5.91 Å². The minimum atomic E-state index is -0.154. The number of carbonyl (C=O) groups excluding carboxylic acids is 1. The van der Waals surface area contributed by atoms with Gasteiger partial charge in [0.15, 0.2) is 0 Å². The summed E-state index contributed by atoms with van der Waals surface area (Å²) in [6.45, 7) is 8.76. The smallest absolute Gasteiger partial charge is 0.226 e. The maximum atomic E-state index is 11.8. The van der Waals surface area contributed by atoms with E-state index in [2.05, 4.69) is 33.0 Å². The average molecular weight is 195 g/mol. The van der Waals surface area contributed by atoms with E-state index in [4.69, 9.17) is 0 Å². The van der Waals surface area contributed by atoms with Crippen LogP contribution < -0.4 is 5.32 Å². The Labute approximate surface area is 86.5 Å². The summed E-state index contributed by atoms with van der Waals surface area (Å²) in [5, 5.41) is 3.19. The summed E-state index contributed by atoms with van der Waals surface area (Å²) in [5.41, 5.74) is -0.154. The number of rotatable bonds is 0. The molecule has 1 saturated carbocycles. The highest BCUT2D eigenvalue weighted by molar-refractivity contribution is 5.85. The first-order valence-corrected chi connectivity index (χ1v) is 5.75. The van der Waals surface area contributed by atoms with Crippen molar-refractivity contribution in [1.82, 2.24) is 5.32 Å². The van der Waals surface area contributed by atoms with Crippen LogP contribution in [0.25, 0.3) is 0 Å². The van der Waals surface area contributed by atoms with Gasteiger partial charge in [0.1, 0.15) is 0 Å². The summed E-state index contributed by atoms with van der Waals surface area (Å²) in [4.78, 5) is 11.8. The zero-order valence-corrected chi connectivity index (χ0v) is 9.63. The van der Waals surface area contributed by atoms with Crippen molar-refractivity contribution in [2.45, 2.75) is 46.6 Å². The largest absolute Gasteiger partial charge is 0.352 e. The van der Waals surface area contributed by atoms with Gasteiger partial charge in [0, 0.05) is 11.5 Å². The number of fused-ring (bicyclic) bond motifs is 1. The van der Waals surface area contributed by atoms with Crippen molar-refractivity contribution in [3.63, 3.8) is 0 Å². The van der Waals surface area contributed by atoms with Crippen molar-refractivity contribution in [1.29, 1.82) is 0 Å². The maximum Gasteiger partial charge on any atom is 0.226 e. The van der Waals surface area contributed by atoms with Crippen LogP contribution in [0.5, 0.6) is 0 Å². The van der Waals surface area contributed by atoms with E-state index in [1.807, 2.05) is 0 Å². The molecule has 4 atom stereocenters. The van der Waals surface area contributed by atoms with Crippen molar-refractivity contribution in [3.8, 4) is 0 Å². The second-order valence-corrected chi connectivity index (χ2v) is 5.78. The normalized spacial score (nSPS) is 45.9. The first kappa shape index (κ1) is 10.0. The van der Waals surface area contributed by atoms with E-state index in [0.29, 0.717) is 23.8 Å². The van der Waals surface area contributed by atoms with Gasteiger partial charge < -0.3 is 5.32 Å². The van der Waals surface area contributed by atoms with Gasteiger partial charge in [0.05, 0.1) is 0 Å². The summed E-state index contributed by atoms with van der Waals surface area (Å²) in [7, 11) is 0. The van der Waals surface area contributed by atoms with Crippen molar-refractivity contribution in [2.75, 3.05) is 0 Å². The molecule has 1 aliphatic carbocycles. The summed E-state index contributed by atoms with van der Waals surface area (Å²) < 4.78 is 0. The quantitative estimate of drug-likeness (QED) is 0.630. The standard InChI is InChI=1S/C12H21NO/c1-7-5-6-8(2)10-9(7)12(3,4)11(14)13-10/h7-10H,5-6H2,1-4H3,(H,13,14). The molecular weight excluding hydrogens is 174 g/mol. The third-order valence-corrected chi connectivity index (χ3v) is 4.41. The lowest BCUT2D eigenvalue weighted by molar-refractivity contribution is -0.127. The lowest BCUT2D eigenvalue weighted by Crippen LogP contribution is -2.42. The molecule has 0 radical (unpaired) electrons. The van der Waals surface area contributed by atoms with Crippen LogP contribution >= 0.6 is 0 Å². The van der Waals surface area contributed by atoms with Crippen LogP contribution in [0.15, 0.2) is 0 Å². The molecule has 1 amide bonds. The number of nitrogens with one attached hydrogen (secondary N) is 1. The van der Waals surface area contributed by atoms with Crippen LogP contribution in [0.4, 0.5) is 0 Å². The van der Waals surface area contributed by atoms with Gasteiger partial charge in [-0.05, 0) is 24.2 Å². The van der Waals surface area contributed by atoms with E-state index in [-0.39, 0.29) is 11.3 Å². The van der Waals surface area contributed by atoms with Crippen molar-refractivity contribution >= 4 is 5.91 Å². The molecule has 1 heterocycles. The minimum absolute atomic E-state index is 0.154. The van der Waals surface area contributed by atoms with Gasteiger partial charge in [-0.25, -0.2) is 0 Å². The third-order valence-electron chi connectivity index (χ3n) is 4.41. The Balaban J connectivity index is 2.31. The molecule has 80 valence electrons. The fraction of sp³-hybridized carbons (Fsp3) is 0.917. The maximum absolute atomic E-state index is 11.8. The number of amides is 1. The predicted octanol–water partition coefficient (Wildman–Crippen LogP) is 2.19. The minimum Gasteiger partial charge on any atom is -0.352 e. The molecule has 0 aromatic carbocycles. The molecule has 1 N–H and O–H groups in total. The Bertz CT molecular complexity index is 259. The molecule has 0 aromatic heterocycles. The van der Waals surface area contributed by atoms with Crippen LogP contribution in [0.3, 0.4) is 0 Å². The van der Waals surface area contributed by atoms with E-state index >= 15 is 0 Å². The summed E-state index contributed by atoms with van der Waals surface area (Å²) in [5.74, 6) is 2.14. The molecular formula is C12H21NO. The molecule has 4 unspecified atom stereocenters. The molecule has 2 heteroatoms. The molecule has 2 fully saturated rings. The first-order chi connectivity index (χ1) is 6.44. The van der Waals surface area contributed by atoms with Crippen LogP contribution in [0.1, 0.15) is 40.5 Å². The number of hydrogen-bond acceptors (Lipinski definition) is 1. The van der Waals surface area contributed by atoms with Crippen LogP contribution in [0.2, 0.25) is 0 Å². The molecule has 0 bridgehead atoms. The highest BCUT2D eigenvalue weighted by Gasteiger charge is 2.53. The Kier molecular flexibility index (Phi) is 2.13. The van der Waals surface area contributed by atoms with Gasteiger partial charge in [-0.15, -0.1) is 0 Å². The van der Waals surface area contributed by atoms with E-state index in [1.54, 1.807) is 0 Å². The van der Waals surface area contributed by atoms with Gasteiger partial charge in [-0.3, -0.25) is 4.79 Å². The lowest BCUT2D eigenvalue weighted by atomic mass is 9.64. The summed E-state index contributed by atoms with van der Waals surface area (Å²) in [6.07, 6.45) is 2.54. The molecule has 2 nitrogen and oxygen atoms in total. The van der Waals surface area contributed by atoms with E-state index in [0.717, 1.165) is 0 Å². The number of hydrogen-bond donors (Lipinski definition) is 1. The average Bonchev–Trinajstić information content (AvgIpc) is 2.33. The Morgan fingerprint density at radius 1 is 1.21 bits per heavy atom. The monoisotopic (exact) mass is 195 g/mol. The molecule has 1 saturated heterocycles. The summed E-state index contributed by atoms with van der Waals surface area (Å²) >= 11 is 0. The van der Waals surface area contributed by atoms with Crippen LogP contribution in [-0.4, -0.2) is 11.9 Å². The highest BCUT2D eigenvalue weighted by Crippen LogP contribution is 2.48. The summed E-state index contributed by atoms with van der Waals surface area (Å²) in [6, 6.07) is 0.432. The SMILES string of the molecule is CC1CCC(C)C2C1NC(=O)C2(C)C. The molecule has 0 aromatic rings. The van der Waals surface area contributed by atoms with Crippen LogP contribution in [-0.2, 0) is 4.79 Å². The fourth-order valence-corrected chi connectivity index (χ4v) is 3.47. The highest BCUT2D eigenvalue weighted by atomic mass is 16.2. The van der Waals surface area contributed by atoms with Crippen molar-refractivity contribution in [2.24, 2.45) is 23.2 Å². The van der Waals surface area contributed by atoms with E-state index < -0.39 is 0 Å². The Hall–Kier alpha value is -0.530.